The molecular weight excluding hydrogens is 156 g/mol. The number of nitrogen functional groups attached to an aromatic ring is 1. The number of nitrogens with zero attached hydrogens (tertiary/aromatic N) is 1. The molecule has 0 aliphatic heterocycles. The van der Waals surface area contributed by atoms with Crippen molar-refractivity contribution in [3.8, 4) is 5.88 Å². The molecule has 1 rings (SSSR count). The second-order valence-corrected chi connectivity index (χ2v) is 2.35. The fourth-order valence-corrected chi connectivity index (χ4v) is 0.707. The van der Waals surface area contributed by atoms with Crippen molar-refractivity contribution in [3.05, 3.63) is 18.3 Å². The lowest BCUT2D eigenvalue weighted by Crippen LogP contribution is -2.14. The van der Waals surface area contributed by atoms with E-state index in [0.29, 0.717) is 11.6 Å². The second kappa shape index (κ2) is 3.92. The molecule has 4 nitrogen and oxygen atoms in total. The number of rotatable bonds is 3. The Hall–Kier alpha value is -1.29. The standard InChI is InChI=1S/C8H12N2O2/c1-6(11-2)12-8-5-7(9)3-4-10-8/h3-6H,1-2H3,(H2,9,10). The highest BCUT2D eigenvalue weighted by atomic mass is 16.7. The third-order valence-electron chi connectivity index (χ3n) is 1.38. The molecule has 1 unspecified atom stereocenters. The van der Waals surface area contributed by atoms with E-state index in [-0.39, 0.29) is 6.29 Å². The summed E-state index contributed by atoms with van der Waals surface area (Å²) in [6.07, 6.45) is 1.28. The molecule has 66 valence electrons. The molecule has 0 amide bonds. The molecule has 0 fully saturated rings. The van der Waals surface area contributed by atoms with Crippen molar-refractivity contribution in [2.24, 2.45) is 0 Å². The van der Waals surface area contributed by atoms with E-state index in [0.717, 1.165) is 0 Å². The topological polar surface area (TPSA) is 57.4 Å². The molecule has 0 radical (unpaired) electrons. The van der Waals surface area contributed by atoms with E-state index >= 15 is 0 Å². The predicted molar refractivity (Wildman–Crippen MR) is 45.7 cm³/mol. The quantitative estimate of drug-likeness (QED) is 0.685. The van der Waals surface area contributed by atoms with E-state index in [4.69, 9.17) is 15.2 Å². The van der Waals surface area contributed by atoms with Gasteiger partial charge in [-0.1, -0.05) is 0 Å². The average Bonchev–Trinajstić information content (AvgIpc) is 2.04. The zero-order chi connectivity index (χ0) is 8.97. The van der Waals surface area contributed by atoms with E-state index < -0.39 is 0 Å². The van der Waals surface area contributed by atoms with Crippen LogP contribution in [0.5, 0.6) is 5.88 Å². The van der Waals surface area contributed by atoms with Crippen LogP contribution in [-0.2, 0) is 4.74 Å². The SMILES string of the molecule is COC(C)Oc1cc(N)ccn1. The van der Waals surface area contributed by atoms with Gasteiger partial charge in [0.15, 0.2) is 6.29 Å². The number of methoxy groups -OCH3 is 1. The minimum absolute atomic E-state index is 0.306. The molecule has 0 aromatic carbocycles. The van der Waals surface area contributed by atoms with Gasteiger partial charge in [-0.25, -0.2) is 4.98 Å². The first-order valence-corrected chi connectivity index (χ1v) is 3.63. The normalized spacial score (nSPS) is 12.5. The van der Waals surface area contributed by atoms with E-state index in [9.17, 15) is 0 Å². The van der Waals surface area contributed by atoms with Crippen LogP contribution in [0.15, 0.2) is 18.3 Å². The largest absolute Gasteiger partial charge is 0.448 e. The number of aromatic nitrogens is 1. The number of hydrogen-bond acceptors (Lipinski definition) is 4. The number of hydrogen-bond donors (Lipinski definition) is 1. The maximum atomic E-state index is 5.51. The van der Waals surface area contributed by atoms with Crippen molar-refractivity contribution >= 4 is 5.69 Å². The summed E-state index contributed by atoms with van der Waals surface area (Å²) in [7, 11) is 1.57. The number of anilines is 1. The van der Waals surface area contributed by atoms with Gasteiger partial charge in [0.25, 0.3) is 0 Å². The fraction of sp³-hybridized carbons (Fsp3) is 0.375. The van der Waals surface area contributed by atoms with Crippen molar-refractivity contribution in [2.45, 2.75) is 13.2 Å². The molecule has 0 bridgehead atoms. The third kappa shape index (κ3) is 2.39. The average molecular weight is 168 g/mol. The molecule has 0 aliphatic carbocycles. The lowest BCUT2D eigenvalue weighted by Gasteiger charge is -2.11. The van der Waals surface area contributed by atoms with Crippen LogP contribution in [0.2, 0.25) is 0 Å². The Morgan fingerprint density at radius 3 is 2.92 bits per heavy atom. The summed E-state index contributed by atoms with van der Waals surface area (Å²) in [6.45, 7) is 1.78. The van der Waals surface area contributed by atoms with Gasteiger partial charge in [0.2, 0.25) is 5.88 Å². The molecule has 1 aromatic heterocycles. The summed E-state index contributed by atoms with van der Waals surface area (Å²) in [5.74, 6) is 0.476. The molecule has 2 N–H and O–H groups in total. The summed E-state index contributed by atoms with van der Waals surface area (Å²) in [6, 6.07) is 3.35. The van der Waals surface area contributed by atoms with E-state index in [1.165, 1.54) is 0 Å². The Labute approximate surface area is 71.3 Å². The highest BCUT2D eigenvalue weighted by Crippen LogP contribution is 2.11. The second-order valence-electron chi connectivity index (χ2n) is 2.35. The summed E-state index contributed by atoms with van der Waals surface area (Å²) < 4.78 is 10.1. The van der Waals surface area contributed by atoms with Crippen molar-refractivity contribution in [2.75, 3.05) is 12.8 Å². The third-order valence-corrected chi connectivity index (χ3v) is 1.38. The number of pyridine rings is 1. The molecule has 0 saturated carbocycles. The Balaban J connectivity index is 2.63. The van der Waals surface area contributed by atoms with Gasteiger partial charge in [-0.3, -0.25) is 0 Å². The first-order valence-electron chi connectivity index (χ1n) is 3.63. The molecule has 0 aliphatic rings. The molecular formula is C8H12N2O2. The molecule has 1 heterocycles. The first-order chi connectivity index (χ1) is 5.72. The predicted octanol–water partition coefficient (Wildman–Crippen LogP) is 1.03. The van der Waals surface area contributed by atoms with Crippen molar-refractivity contribution in [3.63, 3.8) is 0 Å². The zero-order valence-corrected chi connectivity index (χ0v) is 7.15. The monoisotopic (exact) mass is 168 g/mol. The van der Waals surface area contributed by atoms with Gasteiger partial charge >= 0.3 is 0 Å². The Morgan fingerprint density at radius 1 is 1.58 bits per heavy atom. The van der Waals surface area contributed by atoms with Gasteiger partial charge in [-0.15, -0.1) is 0 Å². The van der Waals surface area contributed by atoms with Gasteiger partial charge in [-0.2, -0.15) is 0 Å². The van der Waals surface area contributed by atoms with Crippen LogP contribution < -0.4 is 10.5 Å². The Bertz CT molecular complexity index is 253. The lowest BCUT2D eigenvalue weighted by atomic mass is 10.4. The highest BCUT2D eigenvalue weighted by Gasteiger charge is 2.01. The minimum Gasteiger partial charge on any atom is -0.448 e. The van der Waals surface area contributed by atoms with Gasteiger partial charge in [0.05, 0.1) is 0 Å². The first kappa shape index (κ1) is 8.80. The van der Waals surface area contributed by atoms with Gasteiger partial charge in [-0.05, 0) is 13.0 Å². The van der Waals surface area contributed by atoms with Gasteiger partial charge in [0.1, 0.15) is 0 Å². The van der Waals surface area contributed by atoms with Gasteiger partial charge < -0.3 is 15.2 Å². The summed E-state index contributed by atoms with van der Waals surface area (Å²) >= 11 is 0. The summed E-state index contributed by atoms with van der Waals surface area (Å²) in [4.78, 5) is 3.95. The molecule has 1 aromatic rings. The lowest BCUT2D eigenvalue weighted by molar-refractivity contribution is -0.0409. The van der Waals surface area contributed by atoms with Crippen molar-refractivity contribution in [1.29, 1.82) is 0 Å². The van der Waals surface area contributed by atoms with Crippen LogP contribution in [0.25, 0.3) is 0 Å². The van der Waals surface area contributed by atoms with Gasteiger partial charge in [0, 0.05) is 25.1 Å². The Kier molecular flexibility index (Phi) is 2.88. The van der Waals surface area contributed by atoms with Crippen LogP contribution in [0.4, 0.5) is 5.69 Å². The smallest absolute Gasteiger partial charge is 0.217 e. The maximum absolute atomic E-state index is 5.51. The van der Waals surface area contributed by atoms with E-state index in [1.807, 2.05) is 0 Å². The van der Waals surface area contributed by atoms with Crippen LogP contribution in [0, 0.1) is 0 Å². The van der Waals surface area contributed by atoms with Crippen molar-refractivity contribution in [1.82, 2.24) is 4.98 Å². The summed E-state index contributed by atoms with van der Waals surface area (Å²) in [5, 5.41) is 0. The highest BCUT2D eigenvalue weighted by molar-refractivity contribution is 5.39. The van der Waals surface area contributed by atoms with E-state index in [2.05, 4.69) is 4.98 Å². The minimum atomic E-state index is -0.306. The van der Waals surface area contributed by atoms with Crippen LogP contribution in [-0.4, -0.2) is 18.4 Å². The molecule has 1 atom stereocenters. The van der Waals surface area contributed by atoms with Crippen LogP contribution >= 0.6 is 0 Å². The molecule has 0 saturated heterocycles. The van der Waals surface area contributed by atoms with Crippen LogP contribution in [0.1, 0.15) is 6.92 Å². The fourth-order valence-electron chi connectivity index (χ4n) is 0.707. The van der Waals surface area contributed by atoms with Crippen molar-refractivity contribution < 1.29 is 9.47 Å². The maximum Gasteiger partial charge on any atom is 0.217 e. The number of nitrogens with two attached hydrogens (primary N) is 1. The van der Waals surface area contributed by atoms with E-state index in [1.54, 1.807) is 32.4 Å². The zero-order valence-electron chi connectivity index (χ0n) is 7.15. The number of ether oxygens (including phenoxy) is 2. The van der Waals surface area contributed by atoms with Crippen LogP contribution in [0.3, 0.4) is 0 Å². The Morgan fingerprint density at radius 2 is 2.33 bits per heavy atom. The summed E-state index contributed by atoms with van der Waals surface area (Å²) in [5.41, 5.74) is 6.14. The molecule has 0 spiro atoms. The molecule has 12 heavy (non-hydrogen) atoms. The molecule has 4 heteroatoms.